The number of amides is 1. The van der Waals surface area contributed by atoms with E-state index in [-0.39, 0.29) is 22.9 Å². The maximum atomic E-state index is 12.9. The maximum absolute atomic E-state index is 12.9. The molecule has 0 radical (unpaired) electrons. The molecule has 1 amide bonds. The van der Waals surface area contributed by atoms with Crippen LogP contribution in [0.3, 0.4) is 0 Å². The summed E-state index contributed by atoms with van der Waals surface area (Å²) in [6.45, 7) is 4.81. The van der Waals surface area contributed by atoms with E-state index in [1.54, 1.807) is 36.2 Å². The van der Waals surface area contributed by atoms with Crippen molar-refractivity contribution in [2.24, 2.45) is 0 Å². The molecule has 1 N–H and O–H groups in total. The molecule has 0 spiro atoms. The van der Waals surface area contributed by atoms with Gasteiger partial charge in [0.2, 0.25) is 15.9 Å². The summed E-state index contributed by atoms with van der Waals surface area (Å²) in [5, 5.41) is 3.28. The van der Waals surface area contributed by atoms with Crippen LogP contribution in [0.15, 0.2) is 41.3 Å². The van der Waals surface area contributed by atoms with Gasteiger partial charge in [0.05, 0.1) is 23.8 Å². The fraction of sp³-hybridized carbons (Fsp3) is 0.500. The second-order valence-electron chi connectivity index (χ2n) is 9.03. The highest BCUT2D eigenvalue weighted by molar-refractivity contribution is 7.89. The zero-order valence-electron chi connectivity index (χ0n) is 20.0. The molecule has 1 aromatic carbocycles. The lowest BCUT2D eigenvalue weighted by Crippen LogP contribution is -2.56. The summed E-state index contributed by atoms with van der Waals surface area (Å²) in [6, 6.07) is 10.3. The number of morpholine rings is 1. The number of nitrogens with zero attached hydrogens (tertiary/aromatic N) is 4. The summed E-state index contributed by atoms with van der Waals surface area (Å²) < 4.78 is 38.0. The summed E-state index contributed by atoms with van der Waals surface area (Å²) in [4.78, 5) is 21.8. The second-order valence-corrected chi connectivity index (χ2v) is 11.0. The molecule has 4 heterocycles. The van der Waals surface area contributed by atoms with Crippen LogP contribution < -0.4 is 15.1 Å². The number of sulfonamides is 1. The van der Waals surface area contributed by atoms with Gasteiger partial charge in [0.25, 0.3) is 0 Å². The van der Waals surface area contributed by atoms with Gasteiger partial charge in [-0.15, -0.1) is 0 Å². The number of anilines is 4. The third-order valence-corrected chi connectivity index (χ3v) is 8.80. The van der Waals surface area contributed by atoms with Crippen LogP contribution >= 0.6 is 0 Å². The Bertz CT molecular complexity index is 1180. The Labute approximate surface area is 205 Å². The summed E-state index contributed by atoms with van der Waals surface area (Å²) >= 11 is 0. The Morgan fingerprint density at radius 1 is 0.971 bits per heavy atom. The number of fused-ring (bicyclic) bond motifs is 1. The summed E-state index contributed by atoms with van der Waals surface area (Å²) in [5.74, 6) is 1.44. The first-order valence-corrected chi connectivity index (χ1v) is 13.4. The van der Waals surface area contributed by atoms with Gasteiger partial charge in [0.15, 0.2) is 5.82 Å². The quantitative estimate of drug-likeness (QED) is 0.665. The van der Waals surface area contributed by atoms with Gasteiger partial charge in [-0.05, 0) is 56.2 Å². The lowest BCUT2D eigenvalue weighted by atomic mass is 10.0. The fourth-order valence-electron chi connectivity index (χ4n) is 4.91. The van der Waals surface area contributed by atoms with Crippen molar-refractivity contribution >= 4 is 38.9 Å². The van der Waals surface area contributed by atoms with E-state index in [4.69, 9.17) is 14.5 Å². The van der Waals surface area contributed by atoms with Gasteiger partial charge in [0.1, 0.15) is 11.9 Å². The number of hydrogen-bond donors (Lipinski definition) is 1. The van der Waals surface area contributed by atoms with Crippen LogP contribution in [-0.2, 0) is 24.3 Å². The third-order valence-electron chi connectivity index (χ3n) is 6.88. The molecule has 2 saturated heterocycles. The topological polar surface area (TPSA) is 104 Å². The maximum Gasteiger partial charge on any atom is 0.249 e. The van der Waals surface area contributed by atoms with E-state index in [9.17, 15) is 13.2 Å². The SMILES string of the molecule is C[C@@H]1C(=O)N(C)c2ccc(Nc3ccc(S(=O)(=O)N4CCOCC4)cc3)nc2N1C1CCOCC1. The number of rotatable bonds is 5. The number of pyridine rings is 1. The number of hydrogen-bond acceptors (Lipinski definition) is 8. The number of carbonyl (C=O) groups is 1. The first-order valence-electron chi connectivity index (χ1n) is 12.0. The minimum atomic E-state index is -3.55. The Kier molecular flexibility index (Phi) is 6.67. The molecule has 0 saturated carbocycles. The van der Waals surface area contributed by atoms with Crippen LogP contribution in [0.5, 0.6) is 0 Å². The Balaban J connectivity index is 1.39. The molecule has 0 aliphatic carbocycles. The lowest BCUT2D eigenvalue weighted by Gasteiger charge is -2.44. The van der Waals surface area contributed by atoms with Gasteiger partial charge >= 0.3 is 0 Å². The van der Waals surface area contributed by atoms with Crippen LogP contribution in [0.25, 0.3) is 0 Å². The standard InChI is InChI=1S/C24H31N5O5S/c1-17-24(30)27(2)21-7-8-22(26-23(21)29(17)19-9-13-33-14-10-19)25-18-3-5-20(6-4-18)35(31,32)28-11-15-34-16-12-28/h3-8,17,19H,9-16H2,1-2H3,(H,25,26)/t17-/m1/s1. The second kappa shape index (κ2) is 9.73. The highest BCUT2D eigenvalue weighted by Gasteiger charge is 2.39. The number of benzene rings is 1. The van der Waals surface area contributed by atoms with Gasteiger partial charge in [-0.3, -0.25) is 4.79 Å². The molecule has 3 aliphatic rings. The largest absolute Gasteiger partial charge is 0.381 e. The monoisotopic (exact) mass is 501 g/mol. The van der Waals surface area contributed by atoms with E-state index in [2.05, 4.69) is 10.2 Å². The molecule has 2 aromatic rings. The molecule has 10 nitrogen and oxygen atoms in total. The summed E-state index contributed by atoms with van der Waals surface area (Å²) in [5.41, 5.74) is 1.50. The van der Waals surface area contributed by atoms with E-state index in [1.165, 1.54) is 4.31 Å². The van der Waals surface area contributed by atoms with Crippen molar-refractivity contribution in [3.8, 4) is 0 Å². The molecular weight excluding hydrogens is 470 g/mol. The highest BCUT2D eigenvalue weighted by atomic mass is 32.2. The predicted molar refractivity (Wildman–Crippen MR) is 133 cm³/mol. The lowest BCUT2D eigenvalue weighted by molar-refractivity contribution is -0.119. The molecule has 0 unspecified atom stereocenters. The molecule has 1 atom stereocenters. The van der Waals surface area contributed by atoms with Crippen LogP contribution in [-0.4, -0.2) is 82.3 Å². The highest BCUT2D eigenvalue weighted by Crippen LogP contribution is 2.38. The van der Waals surface area contributed by atoms with E-state index >= 15 is 0 Å². The normalized spacial score (nSPS) is 22.2. The number of likely N-dealkylation sites (N-methyl/N-ethyl adjacent to an activating group) is 1. The number of carbonyl (C=O) groups excluding carboxylic acids is 1. The van der Waals surface area contributed by atoms with E-state index < -0.39 is 10.0 Å². The summed E-state index contributed by atoms with van der Waals surface area (Å²) in [7, 11) is -1.77. The summed E-state index contributed by atoms with van der Waals surface area (Å²) in [6.07, 6.45) is 1.69. The molecular formula is C24H31N5O5S. The van der Waals surface area contributed by atoms with Crippen LogP contribution in [0.4, 0.5) is 23.0 Å². The average molecular weight is 502 g/mol. The van der Waals surface area contributed by atoms with Crippen LogP contribution in [0.1, 0.15) is 19.8 Å². The van der Waals surface area contributed by atoms with Gasteiger partial charge in [-0.25, -0.2) is 13.4 Å². The Hall–Kier alpha value is -2.73. The minimum absolute atomic E-state index is 0.0450. The fourth-order valence-corrected chi connectivity index (χ4v) is 6.32. The van der Waals surface area contributed by atoms with Crippen molar-refractivity contribution in [3.05, 3.63) is 36.4 Å². The molecule has 35 heavy (non-hydrogen) atoms. The van der Waals surface area contributed by atoms with Gasteiger partial charge in [-0.1, -0.05) is 0 Å². The van der Waals surface area contributed by atoms with E-state index in [0.717, 1.165) is 30.0 Å². The van der Waals surface area contributed by atoms with E-state index in [0.29, 0.717) is 45.3 Å². The molecule has 2 fully saturated rings. The molecule has 5 rings (SSSR count). The molecule has 1 aromatic heterocycles. The zero-order valence-corrected chi connectivity index (χ0v) is 20.8. The van der Waals surface area contributed by atoms with Gasteiger partial charge < -0.3 is 24.6 Å². The molecule has 11 heteroatoms. The first-order chi connectivity index (χ1) is 16.9. The predicted octanol–water partition coefficient (Wildman–Crippen LogP) is 2.20. The van der Waals surface area contributed by atoms with Crippen molar-refractivity contribution in [2.75, 3.05) is 61.7 Å². The smallest absolute Gasteiger partial charge is 0.249 e. The van der Waals surface area contributed by atoms with Crippen LogP contribution in [0, 0.1) is 0 Å². The van der Waals surface area contributed by atoms with Crippen molar-refractivity contribution in [1.29, 1.82) is 0 Å². The average Bonchev–Trinajstić information content (AvgIpc) is 2.89. The van der Waals surface area contributed by atoms with Crippen molar-refractivity contribution in [3.63, 3.8) is 0 Å². The number of ether oxygens (including phenoxy) is 2. The molecule has 0 bridgehead atoms. The van der Waals surface area contributed by atoms with Crippen molar-refractivity contribution < 1.29 is 22.7 Å². The molecule has 188 valence electrons. The minimum Gasteiger partial charge on any atom is -0.381 e. The first kappa shape index (κ1) is 24.0. The Morgan fingerprint density at radius 3 is 2.31 bits per heavy atom. The number of nitrogens with one attached hydrogen (secondary N) is 1. The van der Waals surface area contributed by atoms with Crippen molar-refractivity contribution in [2.45, 2.75) is 36.7 Å². The van der Waals surface area contributed by atoms with Gasteiger partial charge in [0, 0.05) is 45.1 Å². The Morgan fingerprint density at radius 2 is 1.63 bits per heavy atom. The van der Waals surface area contributed by atoms with Crippen molar-refractivity contribution in [1.82, 2.24) is 9.29 Å². The van der Waals surface area contributed by atoms with Gasteiger partial charge in [-0.2, -0.15) is 4.31 Å². The zero-order chi connectivity index (χ0) is 24.6. The molecule has 3 aliphatic heterocycles. The number of aromatic nitrogens is 1. The van der Waals surface area contributed by atoms with Crippen LogP contribution in [0.2, 0.25) is 0 Å². The van der Waals surface area contributed by atoms with E-state index in [1.807, 2.05) is 19.1 Å². The third kappa shape index (κ3) is 4.61.